The van der Waals surface area contributed by atoms with Crippen molar-refractivity contribution in [2.45, 2.75) is 13.0 Å². The Kier molecular flexibility index (Phi) is 3.31. The molecule has 0 unspecified atom stereocenters. The van der Waals surface area contributed by atoms with Crippen LogP contribution in [0.2, 0.25) is 0 Å². The molecule has 0 amide bonds. The molecule has 0 atom stereocenters. The highest BCUT2D eigenvalue weighted by atomic mass is 16.3. The van der Waals surface area contributed by atoms with Gasteiger partial charge in [0.15, 0.2) is 0 Å². The molecule has 2 rings (SSSR count). The third-order valence-electron chi connectivity index (χ3n) is 2.07. The van der Waals surface area contributed by atoms with Crippen LogP contribution in [-0.2, 0) is 13.0 Å². The predicted molar refractivity (Wildman–Crippen MR) is 55.2 cm³/mol. The highest BCUT2D eigenvalue weighted by Gasteiger charge is 2.00. The van der Waals surface area contributed by atoms with Gasteiger partial charge in [0.2, 0.25) is 5.76 Å². The topological polar surface area (TPSA) is 90.5 Å². The number of H-pyrrole nitrogens is 1. The molecular formula is C10H11N5O. The molecule has 2 heterocycles. The molecule has 0 aliphatic heterocycles. The van der Waals surface area contributed by atoms with E-state index in [-0.39, 0.29) is 0 Å². The molecule has 2 N–H and O–H groups in total. The average Bonchev–Trinajstić information content (AvgIpc) is 2.95. The number of hydrogen-bond acceptors (Lipinski definition) is 5. The fourth-order valence-electron chi connectivity index (χ4n) is 1.30. The average molecular weight is 217 g/mol. The first-order chi connectivity index (χ1) is 7.88. The molecule has 0 spiro atoms. The van der Waals surface area contributed by atoms with E-state index in [9.17, 15) is 0 Å². The lowest BCUT2D eigenvalue weighted by Crippen LogP contribution is -2.16. The van der Waals surface area contributed by atoms with Gasteiger partial charge in [0, 0.05) is 13.0 Å². The summed E-state index contributed by atoms with van der Waals surface area (Å²) >= 11 is 0. The number of nitrogens with zero attached hydrogens (tertiary/aromatic N) is 3. The lowest BCUT2D eigenvalue weighted by atomic mass is 10.4. The molecule has 2 aromatic heterocycles. The van der Waals surface area contributed by atoms with Crippen LogP contribution in [0, 0.1) is 11.3 Å². The quantitative estimate of drug-likeness (QED) is 0.716. The Balaban J connectivity index is 1.70. The van der Waals surface area contributed by atoms with Gasteiger partial charge in [-0.05, 0) is 12.1 Å². The second-order valence-corrected chi connectivity index (χ2v) is 3.24. The summed E-state index contributed by atoms with van der Waals surface area (Å²) in [6.07, 6.45) is 2.27. The highest BCUT2D eigenvalue weighted by molar-refractivity contribution is 5.18. The molecule has 0 aliphatic rings. The monoisotopic (exact) mass is 217 g/mol. The van der Waals surface area contributed by atoms with Crippen molar-refractivity contribution in [3.8, 4) is 6.07 Å². The Morgan fingerprint density at radius 1 is 1.50 bits per heavy atom. The number of furan rings is 1. The van der Waals surface area contributed by atoms with Crippen molar-refractivity contribution < 1.29 is 4.42 Å². The van der Waals surface area contributed by atoms with Crippen LogP contribution in [0.1, 0.15) is 17.3 Å². The number of nitrogens with one attached hydrogen (secondary N) is 2. The number of nitriles is 1. The second-order valence-electron chi connectivity index (χ2n) is 3.24. The summed E-state index contributed by atoms with van der Waals surface area (Å²) in [5, 5.41) is 18.3. The molecule has 6 nitrogen and oxygen atoms in total. The Hall–Kier alpha value is -2.13. The zero-order valence-corrected chi connectivity index (χ0v) is 8.60. The lowest BCUT2D eigenvalue weighted by Gasteiger charge is -1.99. The number of rotatable bonds is 5. The first kappa shape index (κ1) is 10.4. The maximum absolute atomic E-state index is 8.56. The van der Waals surface area contributed by atoms with Gasteiger partial charge in [-0.3, -0.25) is 5.10 Å². The molecule has 82 valence electrons. The molecule has 2 aromatic rings. The summed E-state index contributed by atoms with van der Waals surface area (Å²) in [5.41, 5.74) is 0. The van der Waals surface area contributed by atoms with E-state index in [4.69, 9.17) is 9.68 Å². The maximum Gasteiger partial charge on any atom is 0.203 e. The van der Waals surface area contributed by atoms with E-state index in [1.165, 1.54) is 6.33 Å². The summed E-state index contributed by atoms with van der Waals surface area (Å²) in [5.74, 6) is 1.95. The molecule has 0 aromatic carbocycles. The minimum atomic E-state index is 0.340. The van der Waals surface area contributed by atoms with Gasteiger partial charge < -0.3 is 9.73 Å². The third kappa shape index (κ3) is 2.68. The van der Waals surface area contributed by atoms with Crippen LogP contribution in [-0.4, -0.2) is 21.7 Å². The van der Waals surface area contributed by atoms with E-state index in [2.05, 4.69) is 20.5 Å². The van der Waals surface area contributed by atoms with Crippen molar-refractivity contribution in [3.05, 3.63) is 35.8 Å². The molecule has 0 saturated heterocycles. The van der Waals surface area contributed by atoms with Crippen LogP contribution in [0.25, 0.3) is 0 Å². The highest BCUT2D eigenvalue weighted by Crippen LogP contribution is 2.05. The van der Waals surface area contributed by atoms with Gasteiger partial charge in [-0.25, -0.2) is 4.98 Å². The van der Waals surface area contributed by atoms with Crippen molar-refractivity contribution in [2.24, 2.45) is 0 Å². The minimum absolute atomic E-state index is 0.340. The first-order valence-electron chi connectivity index (χ1n) is 4.92. The van der Waals surface area contributed by atoms with Crippen molar-refractivity contribution in [2.75, 3.05) is 6.54 Å². The molecule has 0 aliphatic carbocycles. The van der Waals surface area contributed by atoms with E-state index in [1.54, 1.807) is 12.1 Å². The molecule has 0 fully saturated rings. The van der Waals surface area contributed by atoms with Crippen molar-refractivity contribution in [1.29, 1.82) is 5.26 Å². The molecule has 16 heavy (non-hydrogen) atoms. The van der Waals surface area contributed by atoms with E-state index in [0.29, 0.717) is 12.3 Å². The number of aromatic nitrogens is 3. The number of hydrogen-bond donors (Lipinski definition) is 2. The molecule has 0 radical (unpaired) electrons. The van der Waals surface area contributed by atoms with E-state index < -0.39 is 0 Å². The van der Waals surface area contributed by atoms with E-state index in [1.807, 2.05) is 6.07 Å². The molecule has 6 heteroatoms. The van der Waals surface area contributed by atoms with Crippen LogP contribution in [0.4, 0.5) is 0 Å². The van der Waals surface area contributed by atoms with Gasteiger partial charge in [-0.2, -0.15) is 10.4 Å². The Morgan fingerprint density at radius 3 is 3.12 bits per heavy atom. The van der Waals surface area contributed by atoms with Gasteiger partial charge in [-0.15, -0.1) is 0 Å². The van der Waals surface area contributed by atoms with Crippen LogP contribution in [0.3, 0.4) is 0 Å². The zero-order chi connectivity index (χ0) is 11.2. The standard InChI is InChI=1S/C10H11N5O/c11-5-8-1-2-9(16-8)6-12-4-3-10-13-7-14-15-10/h1-2,7,12H,3-4,6H2,(H,13,14,15). The van der Waals surface area contributed by atoms with Gasteiger partial charge in [0.1, 0.15) is 24.0 Å². The Morgan fingerprint density at radius 2 is 2.44 bits per heavy atom. The second kappa shape index (κ2) is 5.09. The third-order valence-corrected chi connectivity index (χ3v) is 2.07. The SMILES string of the molecule is N#Cc1ccc(CNCCc2ncn[nH]2)o1. The van der Waals surface area contributed by atoms with Gasteiger partial charge >= 0.3 is 0 Å². The fourth-order valence-corrected chi connectivity index (χ4v) is 1.30. The van der Waals surface area contributed by atoms with Crippen molar-refractivity contribution in [1.82, 2.24) is 20.5 Å². The van der Waals surface area contributed by atoms with E-state index >= 15 is 0 Å². The summed E-state index contributed by atoms with van der Waals surface area (Å²) in [7, 11) is 0. The van der Waals surface area contributed by atoms with Gasteiger partial charge in [0.05, 0.1) is 6.54 Å². The summed E-state index contributed by atoms with van der Waals surface area (Å²) in [4.78, 5) is 4.01. The minimum Gasteiger partial charge on any atom is -0.449 e. The lowest BCUT2D eigenvalue weighted by molar-refractivity contribution is 0.474. The van der Waals surface area contributed by atoms with E-state index in [0.717, 1.165) is 24.6 Å². The smallest absolute Gasteiger partial charge is 0.203 e. The molecule has 0 bridgehead atoms. The van der Waals surface area contributed by atoms with Crippen molar-refractivity contribution in [3.63, 3.8) is 0 Å². The Bertz CT molecular complexity index is 468. The zero-order valence-electron chi connectivity index (χ0n) is 8.60. The summed E-state index contributed by atoms with van der Waals surface area (Å²) < 4.78 is 5.21. The van der Waals surface area contributed by atoms with Crippen molar-refractivity contribution >= 4 is 0 Å². The van der Waals surface area contributed by atoms with Crippen LogP contribution >= 0.6 is 0 Å². The predicted octanol–water partition coefficient (Wildman–Crippen LogP) is 0.602. The molecular weight excluding hydrogens is 206 g/mol. The normalized spacial score (nSPS) is 10.2. The summed E-state index contributed by atoms with van der Waals surface area (Å²) in [6.45, 7) is 1.38. The molecule has 0 saturated carbocycles. The Labute approximate surface area is 92.3 Å². The first-order valence-corrected chi connectivity index (χ1v) is 4.92. The van der Waals surface area contributed by atoms with Crippen LogP contribution in [0.5, 0.6) is 0 Å². The summed E-state index contributed by atoms with van der Waals surface area (Å²) in [6, 6.07) is 5.39. The largest absolute Gasteiger partial charge is 0.449 e. The van der Waals surface area contributed by atoms with Gasteiger partial charge in [0.25, 0.3) is 0 Å². The van der Waals surface area contributed by atoms with Crippen LogP contribution < -0.4 is 5.32 Å². The maximum atomic E-state index is 8.56. The van der Waals surface area contributed by atoms with Gasteiger partial charge in [-0.1, -0.05) is 0 Å². The number of aromatic amines is 1. The fraction of sp³-hybridized carbons (Fsp3) is 0.300. The van der Waals surface area contributed by atoms with Crippen LogP contribution in [0.15, 0.2) is 22.9 Å².